The van der Waals surface area contributed by atoms with Crippen LogP contribution in [0.4, 0.5) is 0 Å². The minimum Gasteiger partial charge on any atom is -0.360 e. The van der Waals surface area contributed by atoms with Gasteiger partial charge in [-0.1, -0.05) is 53.5 Å². The van der Waals surface area contributed by atoms with Crippen molar-refractivity contribution in [2.75, 3.05) is 0 Å². The highest BCUT2D eigenvalue weighted by molar-refractivity contribution is 7.86. The Hall–Kier alpha value is -1.30. The van der Waals surface area contributed by atoms with Crippen LogP contribution in [0.2, 0.25) is 10.0 Å². The molecule has 0 radical (unpaired) electrons. The van der Waals surface area contributed by atoms with Gasteiger partial charge in [-0.05, 0) is 18.1 Å². The lowest BCUT2D eigenvalue weighted by atomic mass is 10.2. The highest BCUT2D eigenvalue weighted by atomic mass is 35.5. The molecule has 7 heteroatoms. The van der Waals surface area contributed by atoms with E-state index in [-0.39, 0.29) is 16.7 Å². The molecule has 0 aliphatic carbocycles. The van der Waals surface area contributed by atoms with Crippen LogP contribution in [-0.2, 0) is 15.9 Å². The van der Waals surface area contributed by atoms with Gasteiger partial charge in [0.1, 0.15) is 10.8 Å². The molecule has 0 fully saturated rings. The predicted molar refractivity (Wildman–Crippen MR) is 78.7 cm³/mol. The molecule has 0 unspecified atom stereocenters. The van der Waals surface area contributed by atoms with Gasteiger partial charge in [0.15, 0.2) is 0 Å². The molecule has 2 rings (SSSR count). The van der Waals surface area contributed by atoms with Crippen LogP contribution < -0.4 is 4.18 Å². The lowest BCUT2D eigenvalue weighted by molar-refractivity contribution is 0.475. The Morgan fingerprint density at radius 1 is 1.20 bits per heavy atom. The Balaban J connectivity index is 2.23. The Labute approximate surface area is 127 Å². The van der Waals surface area contributed by atoms with Crippen LogP contribution in [0.1, 0.15) is 11.1 Å². The number of hydrogen-bond acceptors (Lipinski definition) is 4. The topological polar surface area (TPSA) is 56.3 Å². The summed E-state index contributed by atoms with van der Waals surface area (Å²) in [5.74, 6) is -0.419. The number of aromatic nitrogens is 1. The van der Waals surface area contributed by atoms with E-state index in [1.54, 1.807) is 37.3 Å². The summed E-state index contributed by atoms with van der Waals surface area (Å²) in [6.07, 6.45) is 1.30. The van der Waals surface area contributed by atoms with E-state index < -0.39 is 10.1 Å². The summed E-state index contributed by atoms with van der Waals surface area (Å²) in [5, 5.41) is 0.442. The molecule has 0 saturated carbocycles. The smallest absolute Gasteiger partial charge is 0.314 e. The van der Waals surface area contributed by atoms with Gasteiger partial charge in [-0.15, -0.1) is 0 Å². The Bertz CT molecular complexity index is 718. The fourth-order valence-corrected chi connectivity index (χ4v) is 2.97. The third kappa shape index (κ3) is 3.62. The summed E-state index contributed by atoms with van der Waals surface area (Å²) >= 11 is 11.8. The Morgan fingerprint density at radius 2 is 1.85 bits per heavy atom. The van der Waals surface area contributed by atoms with Gasteiger partial charge in [-0.25, -0.2) is 4.98 Å². The second-order valence-electron chi connectivity index (χ2n) is 4.12. The highest BCUT2D eigenvalue weighted by Crippen LogP contribution is 2.31. The average Bonchev–Trinajstić information content (AvgIpc) is 2.40. The molecule has 0 amide bonds. The van der Waals surface area contributed by atoms with Gasteiger partial charge in [0.25, 0.3) is 5.88 Å². The van der Waals surface area contributed by atoms with Gasteiger partial charge in [-0.2, -0.15) is 8.42 Å². The largest absolute Gasteiger partial charge is 0.360 e. The SMILES string of the molecule is Cc1c(Cl)cnc(OS(=O)(=O)Cc2ccccc2)c1Cl. The minimum absolute atomic E-state index is 0.0918. The van der Waals surface area contributed by atoms with Crippen LogP contribution in [0.15, 0.2) is 36.5 Å². The molecule has 0 saturated heterocycles. The van der Waals surface area contributed by atoms with Crippen molar-refractivity contribution in [3.63, 3.8) is 0 Å². The van der Waals surface area contributed by atoms with Crippen LogP contribution >= 0.6 is 23.2 Å². The standard InChI is InChI=1S/C13H11Cl2NO3S/c1-9-11(14)7-16-13(12(9)15)19-20(17,18)8-10-5-3-2-4-6-10/h2-7H,8H2,1H3. The zero-order valence-electron chi connectivity index (χ0n) is 10.5. The molecule has 0 N–H and O–H groups in total. The number of halogens is 2. The monoisotopic (exact) mass is 331 g/mol. The first-order valence-corrected chi connectivity index (χ1v) is 7.99. The maximum atomic E-state index is 12.0. The van der Waals surface area contributed by atoms with Gasteiger partial charge < -0.3 is 4.18 Å². The Kier molecular flexibility index (Phi) is 4.52. The number of nitrogens with zero attached hydrogens (tertiary/aromatic N) is 1. The molecule has 20 heavy (non-hydrogen) atoms. The van der Waals surface area contributed by atoms with Gasteiger partial charge in [0.2, 0.25) is 0 Å². The molecule has 1 aromatic heterocycles. The van der Waals surface area contributed by atoms with Crippen molar-refractivity contribution in [2.24, 2.45) is 0 Å². The van der Waals surface area contributed by atoms with E-state index in [1.165, 1.54) is 6.20 Å². The first kappa shape index (κ1) is 15.1. The molecule has 0 spiro atoms. The van der Waals surface area contributed by atoms with Crippen molar-refractivity contribution >= 4 is 33.3 Å². The molecule has 0 bridgehead atoms. The van der Waals surface area contributed by atoms with E-state index in [0.29, 0.717) is 16.1 Å². The quantitative estimate of drug-likeness (QED) is 0.803. The second-order valence-corrected chi connectivity index (χ2v) is 6.48. The molecular formula is C13H11Cl2NO3S. The first-order chi connectivity index (χ1) is 9.39. The van der Waals surface area contributed by atoms with Crippen LogP contribution in [0.5, 0.6) is 5.88 Å². The van der Waals surface area contributed by atoms with Crippen molar-refractivity contribution in [1.82, 2.24) is 4.98 Å². The second kappa shape index (κ2) is 5.99. The number of benzene rings is 1. The molecule has 1 heterocycles. The van der Waals surface area contributed by atoms with Gasteiger partial charge in [0.05, 0.1) is 5.02 Å². The van der Waals surface area contributed by atoms with E-state index in [2.05, 4.69) is 4.98 Å². The number of pyridine rings is 1. The summed E-state index contributed by atoms with van der Waals surface area (Å²) in [4.78, 5) is 3.80. The molecule has 0 aliphatic heterocycles. The predicted octanol–water partition coefficient (Wildman–Crippen LogP) is 3.61. The third-order valence-corrected chi connectivity index (χ3v) is 4.49. The van der Waals surface area contributed by atoms with E-state index in [0.717, 1.165) is 0 Å². The maximum absolute atomic E-state index is 12.0. The van der Waals surface area contributed by atoms with Crippen molar-refractivity contribution in [3.8, 4) is 5.88 Å². The van der Waals surface area contributed by atoms with Crippen LogP contribution in [0.3, 0.4) is 0 Å². The molecule has 106 valence electrons. The minimum atomic E-state index is -3.83. The zero-order chi connectivity index (χ0) is 14.8. The molecule has 0 atom stereocenters. The van der Waals surface area contributed by atoms with Gasteiger partial charge >= 0.3 is 10.1 Å². The number of hydrogen-bond donors (Lipinski definition) is 0. The van der Waals surface area contributed by atoms with Crippen LogP contribution in [0, 0.1) is 6.92 Å². The van der Waals surface area contributed by atoms with E-state index in [9.17, 15) is 8.42 Å². The first-order valence-electron chi connectivity index (χ1n) is 5.66. The zero-order valence-corrected chi connectivity index (χ0v) is 12.8. The van der Waals surface area contributed by atoms with Crippen molar-refractivity contribution in [2.45, 2.75) is 12.7 Å². The van der Waals surface area contributed by atoms with E-state index in [4.69, 9.17) is 27.4 Å². The summed E-state index contributed by atoms with van der Waals surface area (Å²) in [6.45, 7) is 1.66. The fourth-order valence-electron chi connectivity index (χ4n) is 1.52. The van der Waals surface area contributed by atoms with E-state index >= 15 is 0 Å². The van der Waals surface area contributed by atoms with Crippen molar-refractivity contribution in [3.05, 3.63) is 57.7 Å². The fraction of sp³-hybridized carbons (Fsp3) is 0.154. The normalized spacial score (nSPS) is 11.3. The molecule has 2 aromatic rings. The van der Waals surface area contributed by atoms with Crippen molar-refractivity contribution < 1.29 is 12.6 Å². The highest BCUT2D eigenvalue weighted by Gasteiger charge is 2.19. The van der Waals surface area contributed by atoms with Crippen LogP contribution in [-0.4, -0.2) is 13.4 Å². The average molecular weight is 332 g/mol. The molecular weight excluding hydrogens is 321 g/mol. The summed E-state index contributed by atoms with van der Waals surface area (Å²) in [7, 11) is -3.83. The lowest BCUT2D eigenvalue weighted by Gasteiger charge is -2.09. The Morgan fingerprint density at radius 3 is 2.50 bits per heavy atom. The van der Waals surface area contributed by atoms with Gasteiger partial charge in [-0.3, -0.25) is 0 Å². The summed E-state index contributed by atoms with van der Waals surface area (Å²) in [6, 6.07) is 8.70. The molecule has 0 aliphatic rings. The molecule has 1 aromatic carbocycles. The maximum Gasteiger partial charge on any atom is 0.314 e. The number of rotatable bonds is 4. The van der Waals surface area contributed by atoms with Gasteiger partial charge in [0, 0.05) is 6.20 Å². The van der Waals surface area contributed by atoms with E-state index in [1.807, 2.05) is 0 Å². The van der Waals surface area contributed by atoms with Crippen LogP contribution in [0.25, 0.3) is 0 Å². The lowest BCUT2D eigenvalue weighted by Crippen LogP contribution is -2.13. The third-order valence-electron chi connectivity index (χ3n) is 2.56. The summed E-state index contributed by atoms with van der Waals surface area (Å²) in [5.41, 5.74) is 1.14. The molecule has 4 nitrogen and oxygen atoms in total. The summed E-state index contributed by atoms with van der Waals surface area (Å²) < 4.78 is 28.9. The van der Waals surface area contributed by atoms with Crippen molar-refractivity contribution in [1.29, 1.82) is 0 Å².